The Morgan fingerprint density at radius 1 is 1.18 bits per heavy atom. The van der Waals surface area contributed by atoms with Gasteiger partial charge in [-0.25, -0.2) is 5.43 Å². The Hall–Kier alpha value is -2.53. The maximum Gasteiger partial charge on any atom is 0.284 e. The van der Waals surface area contributed by atoms with Gasteiger partial charge in [-0.3, -0.25) is 4.79 Å². The summed E-state index contributed by atoms with van der Waals surface area (Å²) < 4.78 is 11.1. The van der Waals surface area contributed by atoms with Crippen LogP contribution in [0.15, 0.2) is 53.6 Å². The standard InChI is InChI=1S/C16H13ClN2O3/c17-12-6-2-1-5-11(12)9-18-19-16(20)15-10-21-13-7-3-4-8-14(13)22-15/h1-9,15H,10H2,(H,19,20)/t15-/m0/s1. The van der Waals surface area contributed by atoms with Crippen LogP contribution in [-0.2, 0) is 4.79 Å². The number of para-hydroxylation sites is 2. The topological polar surface area (TPSA) is 59.9 Å². The average molecular weight is 317 g/mol. The van der Waals surface area contributed by atoms with E-state index < -0.39 is 6.10 Å². The van der Waals surface area contributed by atoms with Crippen molar-refractivity contribution in [2.24, 2.45) is 5.10 Å². The van der Waals surface area contributed by atoms with Crippen LogP contribution >= 0.6 is 11.6 Å². The van der Waals surface area contributed by atoms with E-state index in [2.05, 4.69) is 10.5 Å². The van der Waals surface area contributed by atoms with Crippen LogP contribution in [0.1, 0.15) is 5.56 Å². The van der Waals surface area contributed by atoms with Crippen LogP contribution in [0.25, 0.3) is 0 Å². The van der Waals surface area contributed by atoms with Gasteiger partial charge in [-0.1, -0.05) is 41.9 Å². The van der Waals surface area contributed by atoms with Gasteiger partial charge in [0.2, 0.25) is 6.10 Å². The Morgan fingerprint density at radius 3 is 2.73 bits per heavy atom. The summed E-state index contributed by atoms with van der Waals surface area (Å²) in [5, 5.41) is 4.45. The fraction of sp³-hybridized carbons (Fsp3) is 0.125. The molecular weight excluding hydrogens is 304 g/mol. The number of halogens is 1. The van der Waals surface area contributed by atoms with E-state index in [1.165, 1.54) is 6.21 Å². The van der Waals surface area contributed by atoms with Gasteiger partial charge in [-0.2, -0.15) is 5.10 Å². The fourth-order valence-electron chi connectivity index (χ4n) is 1.97. The number of benzene rings is 2. The molecule has 0 bridgehead atoms. The van der Waals surface area contributed by atoms with E-state index in [0.29, 0.717) is 16.5 Å². The molecule has 112 valence electrons. The molecule has 1 aliphatic rings. The molecule has 1 atom stereocenters. The van der Waals surface area contributed by atoms with Crippen molar-refractivity contribution in [3.63, 3.8) is 0 Å². The normalized spacial score (nSPS) is 16.5. The zero-order chi connectivity index (χ0) is 15.4. The highest BCUT2D eigenvalue weighted by Gasteiger charge is 2.26. The number of hydrazone groups is 1. The molecule has 2 aromatic carbocycles. The van der Waals surface area contributed by atoms with Gasteiger partial charge in [-0.05, 0) is 18.2 Å². The van der Waals surface area contributed by atoms with Gasteiger partial charge >= 0.3 is 0 Å². The predicted molar refractivity (Wildman–Crippen MR) is 83.5 cm³/mol. The molecule has 6 heteroatoms. The monoisotopic (exact) mass is 316 g/mol. The number of carbonyl (C=O) groups is 1. The fourth-order valence-corrected chi connectivity index (χ4v) is 2.15. The minimum Gasteiger partial charge on any atom is -0.485 e. The molecule has 0 spiro atoms. The summed E-state index contributed by atoms with van der Waals surface area (Å²) in [5.74, 6) is 0.799. The molecule has 1 aliphatic heterocycles. The van der Waals surface area contributed by atoms with Crippen LogP contribution in [0.5, 0.6) is 11.5 Å². The highest BCUT2D eigenvalue weighted by Crippen LogP contribution is 2.30. The predicted octanol–water partition coefficient (Wildman–Crippen LogP) is 2.63. The van der Waals surface area contributed by atoms with Gasteiger partial charge in [-0.15, -0.1) is 0 Å². The molecule has 1 amide bonds. The third-order valence-electron chi connectivity index (χ3n) is 3.08. The molecule has 0 saturated carbocycles. The van der Waals surface area contributed by atoms with Gasteiger partial charge in [0.15, 0.2) is 11.5 Å². The van der Waals surface area contributed by atoms with Gasteiger partial charge in [0.1, 0.15) is 6.61 Å². The van der Waals surface area contributed by atoms with Crippen molar-refractivity contribution in [1.29, 1.82) is 0 Å². The molecule has 3 rings (SSSR count). The van der Waals surface area contributed by atoms with Crippen LogP contribution in [0.4, 0.5) is 0 Å². The van der Waals surface area contributed by atoms with E-state index in [-0.39, 0.29) is 12.5 Å². The lowest BCUT2D eigenvalue weighted by atomic mass is 10.2. The Balaban J connectivity index is 1.60. The molecule has 0 fully saturated rings. The Kier molecular flexibility index (Phi) is 4.25. The first-order chi connectivity index (χ1) is 10.7. The summed E-state index contributed by atoms with van der Waals surface area (Å²) in [6.45, 7) is 0.143. The molecule has 5 nitrogen and oxygen atoms in total. The molecule has 2 aromatic rings. The number of ether oxygens (including phenoxy) is 2. The Bertz CT molecular complexity index is 718. The highest BCUT2D eigenvalue weighted by atomic mass is 35.5. The minimum absolute atomic E-state index is 0.143. The van der Waals surface area contributed by atoms with Crippen LogP contribution in [0, 0.1) is 0 Å². The number of rotatable bonds is 3. The summed E-state index contributed by atoms with van der Waals surface area (Å²) in [6.07, 6.45) is 0.746. The van der Waals surface area contributed by atoms with E-state index >= 15 is 0 Å². The Morgan fingerprint density at radius 2 is 1.91 bits per heavy atom. The lowest BCUT2D eigenvalue weighted by Gasteiger charge is -2.24. The van der Waals surface area contributed by atoms with E-state index in [9.17, 15) is 4.79 Å². The average Bonchev–Trinajstić information content (AvgIpc) is 2.56. The highest BCUT2D eigenvalue weighted by molar-refractivity contribution is 6.33. The zero-order valence-corrected chi connectivity index (χ0v) is 12.3. The maximum atomic E-state index is 12.0. The van der Waals surface area contributed by atoms with E-state index in [4.69, 9.17) is 21.1 Å². The van der Waals surface area contributed by atoms with E-state index in [1.54, 1.807) is 24.3 Å². The van der Waals surface area contributed by atoms with Crippen molar-refractivity contribution < 1.29 is 14.3 Å². The summed E-state index contributed by atoms with van der Waals surface area (Å²) in [5.41, 5.74) is 3.14. The summed E-state index contributed by atoms with van der Waals surface area (Å²) in [4.78, 5) is 12.0. The number of amides is 1. The third-order valence-corrected chi connectivity index (χ3v) is 3.43. The number of hydrogen-bond acceptors (Lipinski definition) is 4. The van der Waals surface area contributed by atoms with Gasteiger partial charge in [0, 0.05) is 10.6 Å². The first-order valence-corrected chi connectivity index (χ1v) is 7.08. The number of hydrogen-bond donors (Lipinski definition) is 1. The Labute approximate surface area is 132 Å². The van der Waals surface area contributed by atoms with Crippen LogP contribution < -0.4 is 14.9 Å². The van der Waals surface area contributed by atoms with Crippen molar-refractivity contribution in [3.05, 3.63) is 59.1 Å². The quantitative estimate of drug-likeness (QED) is 0.699. The third kappa shape index (κ3) is 3.20. The van der Waals surface area contributed by atoms with Crippen LogP contribution in [0.3, 0.4) is 0 Å². The lowest BCUT2D eigenvalue weighted by Crippen LogP contribution is -2.42. The van der Waals surface area contributed by atoms with Crippen molar-refractivity contribution in [2.75, 3.05) is 6.61 Å². The second-order valence-corrected chi connectivity index (χ2v) is 5.03. The molecule has 0 radical (unpaired) electrons. The molecule has 22 heavy (non-hydrogen) atoms. The molecule has 1 N–H and O–H groups in total. The van der Waals surface area contributed by atoms with Gasteiger partial charge in [0.05, 0.1) is 6.21 Å². The number of nitrogens with zero attached hydrogens (tertiary/aromatic N) is 1. The molecule has 0 unspecified atom stereocenters. The van der Waals surface area contributed by atoms with E-state index in [0.717, 1.165) is 5.56 Å². The second kappa shape index (κ2) is 6.49. The summed E-state index contributed by atoms with van der Waals surface area (Å²) >= 11 is 6.00. The maximum absolute atomic E-state index is 12.0. The number of nitrogens with one attached hydrogen (secondary N) is 1. The van der Waals surface area contributed by atoms with Crippen LogP contribution in [-0.4, -0.2) is 24.8 Å². The molecular formula is C16H13ClN2O3. The minimum atomic E-state index is -0.738. The van der Waals surface area contributed by atoms with Crippen molar-refractivity contribution >= 4 is 23.7 Å². The summed E-state index contributed by atoms with van der Waals surface area (Å²) in [6, 6.07) is 14.4. The largest absolute Gasteiger partial charge is 0.485 e. The number of fused-ring (bicyclic) bond motifs is 1. The van der Waals surface area contributed by atoms with Gasteiger partial charge in [0.25, 0.3) is 5.91 Å². The zero-order valence-electron chi connectivity index (χ0n) is 11.5. The van der Waals surface area contributed by atoms with E-state index in [1.807, 2.05) is 24.3 Å². The van der Waals surface area contributed by atoms with Crippen molar-refractivity contribution in [1.82, 2.24) is 5.43 Å². The van der Waals surface area contributed by atoms with Gasteiger partial charge < -0.3 is 9.47 Å². The van der Waals surface area contributed by atoms with Crippen LogP contribution in [0.2, 0.25) is 5.02 Å². The van der Waals surface area contributed by atoms with Crippen molar-refractivity contribution in [3.8, 4) is 11.5 Å². The molecule has 1 heterocycles. The number of carbonyl (C=O) groups excluding carboxylic acids is 1. The SMILES string of the molecule is O=C(NN=Cc1ccccc1Cl)[C@@H]1COc2ccccc2O1. The smallest absolute Gasteiger partial charge is 0.284 e. The van der Waals surface area contributed by atoms with Crippen molar-refractivity contribution in [2.45, 2.75) is 6.10 Å². The second-order valence-electron chi connectivity index (χ2n) is 4.62. The lowest BCUT2D eigenvalue weighted by molar-refractivity contribution is -0.130. The molecule has 0 aliphatic carbocycles. The first-order valence-electron chi connectivity index (χ1n) is 6.70. The molecule has 0 saturated heterocycles. The summed E-state index contributed by atoms with van der Waals surface area (Å²) in [7, 11) is 0. The first kappa shape index (κ1) is 14.4. The molecule has 0 aromatic heterocycles.